The number of methoxy groups -OCH3 is 3. The van der Waals surface area contributed by atoms with E-state index < -0.39 is 12.0 Å². The number of nitrogens with one attached hydrogen (secondary N) is 1. The number of aliphatic carboxylic acids is 1. The molecule has 0 radical (unpaired) electrons. The molecule has 7 heteroatoms. The lowest BCUT2D eigenvalue weighted by Gasteiger charge is -2.17. The van der Waals surface area contributed by atoms with Crippen LogP contribution in [0.25, 0.3) is 0 Å². The minimum atomic E-state index is -1.11. The van der Waals surface area contributed by atoms with Crippen molar-refractivity contribution in [2.75, 3.05) is 21.3 Å². The first-order valence-corrected chi connectivity index (χ1v) is 8.36. The molecule has 0 bridgehead atoms. The van der Waals surface area contributed by atoms with Crippen molar-refractivity contribution in [1.29, 1.82) is 0 Å². The molecule has 2 aromatic carbocycles. The van der Waals surface area contributed by atoms with Gasteiger partial charge in [-0.05, 0) is 23.6 Å². The molecule has 0 aliphatic rings. The van der Waals surface area contributed by atoms with Crippen molar-refractivity contribution in [3.8, 4) is 17.2 Å². The summed E-state index contributed by atoms with van der Waals surface area (Å²) in [4.78, 5) is 23.8. The van der Waals surface area contributed by atoms with E-state index in [1.54, 1.807) is 42.5 Å². The highest BCUT2D eigenvalue weighted by Crippen LogP contribution is 2.40. The summed E-state index contributed by atoms with van der Waals surface area (Å²) in [6.07, 6.45) is 0.457. The van der Waals surface area contributed by atoms with Crippen molar-refractivity contribution in [3.05, 3.63) is 53.6 Å². The predicted molar refractivity (Wildman–Crippen MR) is 99.4 cm³/mol. The quantitative estimate of drug-likeness (QED) is 0.702. The largest absolute Gasteiger partial charge is 0.493 e. The molecule has 2 rings (SSSR count). The number of benzene rings is 2. The summed E-state index contributed by atoms with van der Waals surface area (Å²) in [6.45, 7) is 0. The minimum Gasteiger partial charge on any atom is -0.493 e. The number of hydrogen-bond acceptors (Lipinski definition) is 5. The molecular weight excluding hydrogens is 350 g/mol. The van der Waals surface area contributed by atoms with Gasteiger partial charge in [0.2, 0.25) is 11.7 Å². The first-order chi connectivity index (χ1) is 13.0. The van der Waals surface area contributed by atoms with E-state index >= 15 is 0 Å². The van der Waals surface area contributed by atoms with E-state index in [0.29, 0.717) is 29.2 Å². The monoisotopic (exact) mass is 373 g/mol. The van der Waals surface area contributed by atoms with E-state index in [9.17, 15) is 14.7 Å². The first kappa shape index (κ1) is 20.1. The van der Waals surface area contributed by atoms with Crippen LogP contribution in [-0.4, -0.2) is 38.3 Å². The second-order valence-electron chi connectivity index (χ2n) is 5.74. The summed E-state index contributed by atoms with van der Waals surface area (Å²) >= 11 is 0. The highest BCUT2D eigenvalue weighted by atomic mass is 16.5. The summed E-state index contributed by atoms with van der Waals surface area (Å²) in [7, 11) is 4.55. The average Bonchev–Trinajstić information content (AvgIpc) is 2.69. The van der Waals surface area contributed by atoms with E-state index in [2.05, 4.69) is 5.32 Å². The Morgan fingerprint density at radius 1 is 0.963 bits per heavy atom. The standard InChI is InChI=1S/C20H23NO6/c1-25-15-11-9-14(18(26-2)19(15)27-3)10-12-16(22)21-17(20(23)24)13-7-5-4-6-8-13/h4-9,11,17H,10,12H2,1-3H3,(H,21,22)(H,23,24)/t17-/m1/s1. The lowest BCUT2D eigenvalue weighted by molar-refractivity contribution is -0.142. The van der Waals surface area contributed by atoms with Crippen molar-refractivity contribution in [2.24, 2.45) is 0 Å². The highest BCUT2D eigenvalue weighted by molar-refractivity contribution is 5.84. The van der Waals surface area contributed by atoms with E-state index in [1.165, 1.54) is 21.3 Å². The molecule has 0 unspecified atom stereocenters. The lowest BCUT2D eigenvalue weighted by atomic mass is 10.0. The van der Waals surface area contributed by atoms with Crippen LogP contribution in [0.5, 0.6) is 17.2 Å². The van der Waals surface area contributed by atoms with Gasteiger partial charge >= 0.3 is 5.97 Å². The molecule has 0 saturated heterocycles. The van der Waals surface area contributed by atoms with Crippen LogP contribution in [0, 0.1) is 0 Å². The van der Waals surface area contributed by atoms with Crippen LogP contribution in [0.3, 0.4) is 0 Å². The topological polar surface area (TPSA) is 94.1 Å². The van der Waals surface area contributed by atoms with E-state index in [4.69, 9.17) is 14.2 Å². The fourth-order valence-electron chi connectivity index (χ4n) is 2.77. The second-order valence-corrected chi connectivity index (χ2v) is 5.74. The molecular formula is C20H23NO6. The van der Waals surface area contributed by atoms with Gasteiger partial charge in [0.25, 0.3) is 0 Å². The molecule has 1 atom stereocenters. The number of rotatable bonds is 9. The van der Waals surface area contributed by atoms with Gasteiger partial charge < -0.3 is 24.6 Å². The van der Waals surface area contributed by atoms with Gasteiger partial charge in [-0.1, -0.05) is 36.4 Å². The Balaban J connectivity index is 2.10. The highest BCUT2D eigenvalue weighted by Gasteiger charge is 2.22. The number of carboxylic acids is 1. The van der Waals surface area contributed by atoms with E-state index in [0.717, 1.165) is 5.56 Å². The van der Waals surface area contributed by atoms with Gasteiger partial charge in [0.1, 0.15) is 0 Å². The molecule has 27 heavy (non-hydrogen) atoms. The Hall–Kier alpha value is -3.22. The zero-order valence-corrected chi connectivity index (χ0v) is 15.5. The number of carboxylic acid groups (broad SMARTS) is 1. The minimum absolute atomic E-state index is 0.0997. The summed E-state index contributed by atoms with van der Waals surface area (Å²) < 4.78 is 16.0. The van der Waals surface area contributed by atoms with E-state index in [1.807, 2.05) is 0 Å². The molecule has 144 valence electrons. The number of ether oxygens (including phenoxy) is 3. The van der Waals surface area contributed by atoms with Gasteiger partial charge in [0.05, 0.1) is 21.3 Å². The van der Waals surface area contributed by atoms with Gasteiger partial charge in [-0.3, -0.25) is 4.79 Å². The van der Waals surface area contributed by atoms with Gasteiger partial charge in [0.15, 0.2) is 17.5 Å². The van der Waals surface area contributed by atoms with Crippen molar-refractivity contribution in [2.45, 2.75) is 18.9 Å². The first-order valence-electron chi connectivity index (χ1n) is 8.36. The van der Waals surface area contributed by atoms with Crippen molar-refractivity contribution < 1.29 is 28.9 Å². The maximum absolute atomic E-state index is 12.3. The molecule has 0 fully saturated rings. The number of aryl methyl sites for hydroxylation is 1. The molecule has 2 aromatic rings. The van der Waals surface area contributed by atoms with Gasteiger partial charge in [-0.25, -0.2) is 4.79 Å². The van der Waals surface area contributed by atoms with Crippen molar-refractivity contribution in [3.63, 3.8) is 0 Å². The van der Waals surface area contributed by atoms with Crippen molar-refractivity contribution >= 4 is 11.9 Å². The molecule has 0 aromatic heterocycles. The van der Waals surface area contributed by atoms with Gasteiger partial charge in [-0.15, -0.1) is 0 Å². The number of hydrogen-bond donors (Lipinski definition) is 2. The Morgan fingerprint density at radius 2 is 1.63 bits per heavy atom. The van der Waals surface area contributed by atoms with Crippen LogP contribution in [0.2, 0.25) is 0 Å². The number of carbonyl (C=O) groups is 2. The smallest absolute Gasteiger partial charge is 0.330 e. The molecule has 7 nitrogen and oxygen atoms in total. The maximum Gasteiger partial charge on any atom is 0.330 e. The molecule has 2 N–H and O–H groups in total. The SMILES string of the molecule is COc1ccc(CCC(=O)N[C@@H](C(=O)O)c2ccccc2)c(OC)c1OC. The van der Waals surface area contributed by atoms with Crippen LogP contribution in [0.15, 0.2) is 42.5 Å². The molecule has 0 aliphatic carbocycles. The van der Waals surface area contributed by atoms with Crippen molar-refractivity contribution in [1.82, 2.24) is 5.32 Å². The second kappa shape index (κ2) is 9.47. The summed E-state index contributed by atoms with van der Waals surface area (Å²) in [5, 5.41) is 12.0. The van der Waals surface area contributed by atoms with Crippen LogP contribution in [0.4, 0.5) is 0 Å². The van der Waals surface area contributed by atoms with Crippen LogP contribution >= 0.6 is 0 Å². The van der Waals surface area contributed by atoms with E-state index in [-0.39, 0.29) is 12.3 Å². The molecule has 0 spiro atoms. The Morgan fingerprint density at radius 3 is 2.19 bits per heavy atom. The number of carbonyl (C=O) groups excluding carboxylic acids is 1. The Bertz CT molecular complexity index is 791. The summed E-state index contributed by atoms with van der Waals surface area (Å²) in [5.74, 6) is -0.0213. The average molecular weight is 373 g/mol. The molecule has 1 amide bonds. The zero-order valence-electron chi connectivity index (χ0n) is 15.5. The maximum atomic E-state index is 12.3. The summed E-state index contributed by atoms with van der Waals surface area (Å²) in [5.41, 5.74) is 1.28. The zero-order chi connectivity index (χ0) is 19.8. The lowest BCUT2D eigenvalue weighted by Crippen LogP contribution is -2.33. The van der Waals surface area contributed by atoms with Crippen LogP contribution < -0.4 is 19.5 Å². The number of amides is 1. The van der Waals surface area contributed by atoms with Gasteiger partial charge in [-0.2, -0.15) is 0 Å². The normalized spacial score (nSPS) is 11.4. The summed E-state index contributed by atoms with van der Waals surface area (Å²) in [6, 6.07) is 11.0. The van der Waals surface area contributed by atoms with Crippen LogP contribution in [0.1, 0.15) is 23.6 Å². The van der Waals surface area contributed by atoms with Gasteiger partial charge in [0, 0.05) is 6.42 Å². The van der Waals surface area contributed by atoms with Crippen LogP contribution in [-0.2, 0) is 16.0 Å². The third-order valence-electron chi connectivity index (χ3n) is 4.09. The molecule has 0 aliphatic heterocycles. The third kappa shape index (κ3) is 4.91. The predicted octanol–water partition coefficient (Wildman–Crippen LogP) is 2.59. The Kier molecular flexibility index (Phi) is 7.05. The molecule has 0 heterocycles. The fraction of sp³-hybridized carbons (Fsp3) is 0.300. The fourth-order valence-corrected chi connectivity index (χ4v) is 2.77. The third-order valence-corrected chi connectivity index (χ3v) is 4.09. The molecule has 0 saturated carbocycles. The Labute approximate surface area is 157 Å².